The molecular weight excluding hydrogens is 250 g/mol. The molecule has 0 aliphatic rings. The Kier molecular flexibility index (Phi) is 5.34. The van der Waals surface area contributed by atoms with Gasteiger partial charge in [-0.1, -0.05) is 42.3 Å². The molecule has 1 atom stereocenters. The maximum Gasteiger partial charge on any atom is 0.0323 e. The SMILES string of the molecule is CCCC(NCC)c1cc(Br)ccc1C. The van der Waals surface area contributed by atoms with E-state index in [1.807, 2.05) is 0 Å². The van der Waals surface area contributed by atoms with Crippen molar-refractivity contribution < 1.29 is 0 Å². The summed E-state index contributed by atoms with van der Waals surface area (Å²) in [5, 5.41) is 3.55. The fourth-order valence-electron chi connectivity index (χ4n) is 1.89. The number of hydrogen-bond donors (Lipinski definition) is 1. The van der Waals surface area contributed by atoms with Gasteiger partial charge in [-0.25, -0.2) is 0 Å². The topological polar surface area (TPSA) is 12.0 Å². The zero-order valence-electron chi connectivity index (χ0n) is 9.81. The van der Waals surface area contributed by atoms with E-state index in [9.17, 15) is 0 Å². The molecule has 0 amide bonds. The Balaban J connectivity index is 2.93. The largest absolute Gasteiger partial charge is 0.310 e. The molecule has 0 aliphatic carbocycles. The molecular formula is C13H20BrN. The van der Waals surface area contributed by atoms with E-state index in [1.165, 1.54) is 28.4 Å². The first kappa shape index (κ1) is 12.7. The van der Waals surface area contributed by atoms with E-state index in [2.05, 4.69) is 60.2 Å². The van der Waals surface area contributed by atoms with E-state index in [0.717, 1.165) is 6.54 Å². The van der Waals surface area contributed by atoms with Gasteiger partial charge in [0, 0.05) is 10.5 Å². The highest BCUT2D eigenvalue weighted by atomic mass is 79.9. The molecule has 0 saturated heterocycles. The summed E-state index contributed by atoms with van der Waals surface area (Å²) in [7, 11) is 0. The highest BCUT2D eigenvalue weighted by molar-refractivity contribution is 9.10. The first-order valence-corrected chi connectivity index (χ1v) is 6.47. The van der Waals surface area contributed by atoms with Gasteiger partial charge in [0.15, 0.2) is 0 Å². The number of benzene rings is 1. The molecule has 0 bridgehead atoms. The normalized spacial score (nSPS) is 12.8. The zero-order chi connectivity index (χ0) is 11.3. The summed E-state index contributed by atoms with van der Waals surface area (Å²) in [4.78, 5) is 0. The summed E-state index contributed by atoms with van der Waals surface area (Å²) >= 11 is 3.54. The predicted molar refractivity (Wildman–Crippen MR) is 70.2 cm³/mol. The van der Waals surface area contributed by atoms with Crippen LogP contribution in [0.5, 0.6) is 0 Å². The van der Waals surface area contributed by atoms with Crippen LogP contribution in [0.4, 0.5) is 0 Å². The van der Waals surface area contributed by atoms with Crippen LogP contribution in [0.1, 0.15) is 43.9 Å². The number of halogens is 1. The van der Waals surface area contributed by atoms with Crippen LogP contribution in [0, 0.1) is 6.92 Å². The molecule has 0 aliphatic heterocycles. The highest BCUT2D eigenvalue weighted by Crippen LogP contribution is 2.25. The van der Waals surface area contributed by atoms with Gasteiger partial charge in [0.05, 0.1) is 0 Å². The molecule has 0 aromatic heterocycles. The second-order valence-electron chi connectivity index (χ2n) is 3.90. The van der Waals surface area contributed by atoms with Crippen LogP contribution in [-0.4, -0.2) is 6.54 Å². The van der Waals surface area contributed by atoms with E-state index in [1.54, 1.807) is 0 Å². The van der Waals surface area contributed by atoms with Gasteiger partial charge in [0.2, 0.25) is 0 Å². The van der Waals surface area contributed by atoms with E-state index < -0.39 is 0 Å². The Hall–Kier alpha value is -0.340. The second kappa shape index (κ2) is 6.29. The van der Waals surface area contributed by atoms with Crippen LogP contribution >= 0.6 is 15.9 Å². The Bertz CT molecular complexity index is 303. The quantitative estimate of drug-likeness (QED) is 0.845. The number of hydrogen-bond acceptors (Lipinski definition) is 1. The molecule has 1 rings (SSSR count). The van der Waals surface area contributed by atoms with Gasteiger partial charge in [-0.05, 0) is 43.1 Å². The van der Waals surface area contributed by atoms with Gasteiger partial charge in [-0.2, -0.15) is 0 Å². The van der Waals surface area contributed by atoms with Crippen LogP contribution in [-0.2, 0) is 0 Å². The predicted octanol–water partition coefficient (Wildman–Crippen LogP) is 4.21. The van der Waals surface area contributed by atoms with Crippen molar-refractivity contribution in [2.45, 2.75) is 39.7 Å². The third-order valence-electron chi connectivity index (χ3n) is 2.64. The molecule has 0 heterocycles. The molecule has 1 nitrogen and oxygen atoms in total. The van der Waals surface area contributed by atoms with Gasteiger partial charge in [0.25, 0.3) is 0 Å². The minimum atomic E-state index is 0.498. The van der Waals surface area contributed by atoms with Gasteiger partial charge in [-0.3, -0.25) is 0 Å². The molecule has 0 fully saturated rings. The van der Waals surface area contributed by atoms with Crippen LogP contribution < -0.4 is 5.32 Å². The molecule has 2 heteroatoms. The van der Waals surface area contributed by atoms with Crippen molar-refractivity contribution in [3.05, 3.63) is 33.8 Å². The van der Waals surface area contributed by atoms with Crippen molar-refractivity contribution in [2.24, 2.45) is 0 Å². The summed E-state index contributed by atoms with van der Waals surface area (Å²) in [5.74, 6) is 0. The Morgan fingerprint density at radius 2 is 2.07 bits per heavy atom. The minimum Gasteiger partial charge on any atom is -0.310 e. The van der Waals surface area contributed by atoms with Gasteiger partial charge in [-0.15, -0.1) is 0 Å². The fourth-order valence-corrected chi connectivity index (χ4v) is 2.27. The van der Waals surface area contributed by atoms with Crippen molar-refractivity contribution in [3.8, 4) is 0 Å². The summed E-state index contributed by atoms with van der Waals surface area (Å²) in [5.41, 5.74) is 2.80. The average Bonchev–Trinajstić information content (AvgIpc) is 2.21. The molecule has 0 radical (unpaired) electrons. The maximum atomic E-state index is 3.55. The summed E-state index contributed by atoms with van der Waals surface area (Å²) in [6, 6.07) is 7.02. The summed E-state index contributed by atoms with van der Waals surface area (Å²) in [6.45, 7) is 7.60. The molecule has 0 saturated carbocycles. The summed E-state index contributed by atoms with van der Waals surface area (Å²) in [6.07, 6.45) is 2.41. The van der Waals surface area contributed by atoms with E-state index in [0.29, 0.717) is 6.04 Å². The van der Waals surface area contributed by atoms with Crippen LogP contribution in [0.25, 0.3) is 0 Å². The molecule has 1 aromatic carbocycles. The molecule has 1 aromatic rings. The van der Waals surface area contributed by atoms with Crippen molar-refractivity contribution in [2.75, 3.05) is 6.54 Å². The number of rotatable bonds is 5. The first-order chi connectivity index (χ1) is 7.19. The third-order valence-corrected chi connectivity index (χ3v) is 3.14. The molecule has 15 heavy (non-hydrogen) atoms. The minimum absolute atomic E-state index is 0.498. The lowest BCUT2D eigenvalue weighted by Crippen LogP contribution is -2.21. The molecule has 84 valence electrons. The number of nitrogens with one attached hydrogen (secondary N) is 1. The van der Waals surface area contributed by atoms with Crippen LogP contribution in [0.2, 0.25) is 0 Å². The fraction of sp³-hybridized carbons (Fsp3) is 0.538. The summed E-state index contributed by atoms with van der Waals surface area (Å²) < 4.78 is 1.17. The van der Waals surface area contributed by atoms with Crippen LogP contribution in [0.3, 0.4) is 0 Å². The third kappa shape index (κ3) is 3.62. The van der Waals surface area contributed by atoms with E-state index in [-0.39, 0.29) is 0 Å². The smallest absolute Gasteiger partial charge is 0.0323 e. The molecule has 1 unspecified atom stereocenters. The zero-order valence-corrected chi connectivity index (χ0v) is 11.4. The van der Waals surface area contributed by atoms with Gasteiger partial charge in [0.1, 0.15) is 0 Å². The van der Waals surface area contributed by atoms with E-state index >= 15 is 0 Å². The lowest BCUT2D eigenvalue weighted by atomic mass is 9.98. The second-order valence-corrected chi connectivity index (χ2v) is 4.82. The Labute approximate surface area is 101 Å². The van der Waals surface area contributed by atoms with Crippen molar-refractivity contribution >= 4 is 15.9 Å². The van der Waals surface area contributed by atoms with E-state index in [4.69, 9.17) is 0 Å². The average molecular weight is 270 g/mol. The van der Waals surface area contributed by atoms with Crippen molar-refractivity contribution in [1.29, 1.82) is 0 Å². The Morgan fingerprint density at radius 1 is 1.33 bits per heavy atom. The first-order valence-electron chi connectivity index (χ1n) is 5.68. The van der Waals surface area contributed by atoms with Crippen molar-refractivity contribution in [3.63, 3.8) is 0 Å². The monoisotopic (exact) mass is 269 g/mol. The molecule has 1 N–H and O–H groups in total. The highest BCUT2D eigenvalue weighted by Gasteiger charge is 2.11. The van der Waals surface area contributed by atoms with Crippen molar-refractivity contribution in [1.82, 2.24) is 5.32 Å². The standard InChI is InChI=1S/C13H20BrN/c1-4-6-13(15-5-2)12-9-11(14)8-7-10(12)3/h7-9,13,15H,4-6H2,1-3H3. The Morgan fingerprint density at radius 3 is 2.67 bits per heavy atom. The lowest BCUT2D eigenvalue weighted by molar-refractivity contribution is 0.507. The van der Waals surface area contributed by atoms with Gasteiger partial charge >= 0.3 is 0 Å². The maximum absolute atomic E-state index is 3.55. The lowest BCUT2D eigenvalue weighted by Gasteiger charge is -2.20. The van der Waals surface area contributed by atoms with Crippen LogP contribution in [0.15, 0.2) is 22.7 Å². The van der Waals surface area contributed by atoms with Gasteiger partial charge < -0.3 is 5.32 Å². The number of aryl methyl sites for hydroxylation is 1. The molecule has 0 spiro atoms.